The summed E-state index contributed by atoms with van der Waals surface area (Å²) in [6, 6.07) is 8.68. The number of carbonyl (C=O) groups excluding carboxylic acids is 1. The van der Waals surface area contributed by atoms with E-state index in [1.54, 1.807) is 13.0 Å². The smallest absolute Gasteiger partial charge is 0.263 e. The molecule has 0 bridgehead atoms. The molecular formula is C25H28FN3O5S. The predicted molar refractivity (Wildman–Crippen MR) is 130 cm³/mol. The molecule has 8 nitrogen and oxygen atoms in total. The first kappa shape index (κ1) is 24.7. The van der Waals surface area contributed by atoms with Crippen LogP contribution in [0.2, 0.25) is 0 Å². The van der Waals surface area contributed by atoms with E-state index in [4.69, 9.17) is 4.74 Å². The van der Waals surface area contributed by atoms with E-state index in [0.29, 0.717) is 34.9 Å². The van der Waals surface area contributed by atoms with Gasteiger partial charge in [0.05, 0.1) is 23.4 Å². The summed E-state index contributed by atoms with van der Waals surface area (Å²) in [5, 5.41) is 3.56. The Balaban J connectivity index is 1.69. The summed E-state index contributed by atoms with van der Waals surface area (Å²) in [6.45, 7) is 3.04. The first-order valence-corrected chi connectivity index (χ1v) is 12.9. The van der Waals surface area contributed by atoms with E-state index in [2.05, 4.69) is 14.4 Å². The molecule has 0 radical (unpaired) electrons. The highest BCUT2D eigenvalue weighted by atomic mass is 32.2. The fraction of sp³-hybridized carbons (Fsp3) is 0.360. The van der Waals surface area contributed by atoms with Crippen LogP contribution in [-0.2, 0) is 21.2 Å². The lowest BCUT2D eigenvalue weighted by Crippen LogP contribution is -2.25. The van der Waals surface area contributed by atoms with E-state index in [-0.39, 0.29) is 22.3 Å². The third-order valence-electron chi connectivity index (χ3n) is 6.28. The number of sulfonamides is 1. The SMILES string of the molecule is COc1cc(CC2CCCC2)c(F)cc1N(C(C)=O)c1ccc(S(=O)(=O)Nc2ccon2)cc1C. The van der Waals surface area contributed by atoms with Crippen LogP contribution in [-0.4, -0.2) is 26.6 Å². The molecule has 35 heavy (non-hydrogen) atoms. The van der Waals surface area contributed by atoms with Gasteiger partial charge in [0.25, 0.3) is 10.0 Å². The number of methoxy groups -OCH3 is 1. The van der Waals surface area contributed by atoms with Crippen LogP contribution in [0.3, 0.4) is 0 Å². The van der Waals surface area contributed by atoms with E-state index >= 15 is 4.39 Å². The molecule has 2 aromatic carbocycles. The summed E-state index contributed by atoms with van der Waals surface area (Å²) in [7, 11) is -2.45. The van der Waals surface area contributed by atoms with Crippen molar-refractivity contribution in [1.29, 1.82) is 0 Å². The van der Waals surface area contributed by atoms with Gasteiger partial charge in [-0.15, -0.1) is 0 Å². The van der Waals surface area contributed by atoms with Crippen molar-refractivity contribution in [2.75, 3.05) is 16.7 Å². The summed E-state index contributed by atoms with van der Waals surface area (Å²) in [6.07, 6.45) is 6.39. The monoisotopic (exact) mass is 501 g/mol. The van der Waals surface area contributed by atoms with Crippen LogP contribution in [0.1, 0.15) is 43.7 Å². The standard InChI is InChI=1S/C25H28FN3O5S/c1-16-12-20(35(31,32)28-25-10-11-34-27-25)8-9-22(16)29(17(2)30)23-15-21(26)19(14-24(23)33-3)13-18-6-4-5-7-18/h8-12,14-15,18H,4-7,13H2,1-3H3,(H,27,28). The molecule has 1 fully saturated rings. The second-order valence-corrected chi connectivity index (χ2v) is 10.4. The molecule has 186 valence electrons. The summed E-state index contributed by atoms with van der Waals surface area (Å²) >= 11 is 0. The number of rotatable bonds is 8. The quantitative estimate of drug-likeness (QED) is 0.447. The van der Waals surface area contributed by atoms with Crippen LogP contribution in [0.5, 0.6) is 5.75 Å². The lowest BCUT2D eigenvalue weighted by Gasteiger charge is -2.26. The number of hydrogen-bond donors (Lipinski definition) is 1. The van der Waals surface area contributed by atoms with Crippen molar-refractivity contribution >= 4 is 33.1 Å². The van der Waals surface area contributed by atoms with Crippen LogP contribution in [0.15, 0.2) is 52.1 Å². The van der Waals surface area contributed by atoms with Crippen molar-refractivity contribution in [2.24, 2.45) is 5.92 Å². The Bertz CT molecular complexity index is 1320. The molecule has 0 spiro atoms. The van der Waals surface area contributed by atoms with Crippen LogP contribution in [0, 0.1) is 18.7 Å². The zero-order valence-electron chi connectivity index (χ0n) is 19.9. The van der Waals surface area contributed by atoms with Gasteiger partial charge in [0.1, 0.15) is 17.8 Å². The van der Waals surface area contributed by atoms with Crippen molar-refractivity contribution < 1.29 is 26.9 Å². The number of benzene rings is 2. The Kier molecular flexibility index (Phi) is 7.11. The van der Waals surface area contributed by atoms with Crippen LogP contribution < -0.4 is 14.4 Å². The minimum atomic E-state index is -3.93. The average molecular weight is 502 g/mol. The van der Waals surface area contributed by atoms with Gasteiger partial charge < -0.3 is 9.26 Å². The van der Waals surface area contributed by atoms with E-state index in [0.717, 1.165) is 12.8 Å². The van der Waals surface area contributed by atoms with Gasteiger partial charge in [0, 0.05) is 19.1 Å². The molecule has 1 saturated carbocycles. The average Bonchev–Trinajstić information content (AvgIpc) is 3.50. The number of ether oxygens (including phenoxy) is 1. The zero-order chi connectivity index (χ0) is 25.2. The van der Waals surface area contributed by atoms with Gasteiger partial charge in [-0.3, -0.25) is 14.4 Å². The number of nitrogens with zero attached hydrogens (tertiary/aromatic N) is 2. The summed E-state index contributed by atoms with van der Waals surface area (Å²) in [5.74, 6) is 0.109. The number of amides is 1. The summed E-state index contributed by atoms with van der Waals surface area (Å²) < 4.78 is 53.1. The number of anilines is 3. The number of carbonyl (C=O) groups is 1. The lowest BCUT2D eigenvalue weighted by molar-refractivity contribution is -0.115. The minimum Gasteiger partial charge on any atom is -0.495 e. The second kappa shape index (κ2) is 10.1. The molecule has 1 aromatic heterocycles. The number of aryl methyl sites for hydroxylation is 1. The van der Waals surface area contributed by atoms with E-state index in [9.17, 15) is 13.2 Å². The van der Waals surface area contributed by atoms with Gasteiger partial charge in [-0.05, 0) is 54.7 Å². The normalized spacial score (nSPS) is 14.2. The fourth-order valence-corrected chi connectivity index (χ4v) is 5.66. The van der Waals surface area contributed by atoms with Crippen molar-refractivity contribution in [1.82, 2.24) is 5.16 Å². The first-order valence-electron chi connectivity index (χ1n) is 11.4. The van der Waals surface area contributed by atoms with Gasteiger partial charge in [0.15, 0.2) is 5.82 Å². The third kappa shape index (κ3) is 5.32. The Hall–Kier alpha value is -3.40. The molecule has 4 rings (SSSR count). The maximum atomic E-state index is 15.2. The van der Waals surface area contributed by atoms with Crippen LogP contribution >= 0.6 is 0 Å². The molecule has 0 aliphatic heterocycles. The number of hydrogen-bond acceptors (Lipinski definition) is 6. The molecule has 1 heterocycles. The fourth-order valence-electron chi connectivity index (χ4n) is 4.58. The highest BCUT2D eigenvalue weighted by molar-refractivity contribution is 7.92. The summed E-state index contributed by atoms with van der Waals surface area (Å²) in [4.78, 5) is 14.0. The molecule has 0 saturated heterocycles. The van der Waals surface area contributed by atoms with Crippen LogP contribution in [0.4, 0.5) is 21.6 Å². The van der Waals surface area contributed by atoms with Crippen LogP contribution in [0.25, 0.3) is 0 Å². The molecule has 1 aliphatic carbocycles. The van der Waals surface area contributed by atoms with Gasteiger partial charge in [-0.2, -0.15) is 0 Å². The van der Waals surface area contributed by atoms with Crippen molar-refractivity contribution in [2.45, 2.75) is 50.8 Å². The maximum Gasteiger partial charge on any atom is 0.263 e. The molecule has 1 N–H and O–H groups in total. The largest absolute Gasteiger partial charge is 0.495 e. The molecule has 1 aliphatic rings. The zero-order valence-corrected chi connectivity index (χ0v) is 20.7. The third-order valence-corrected chi connectivity index (χ3v) is 7.64. The predicted octanol–water partition coefficient (Wildman–Crippen LogP) is 5.35. The van der Waals surface area contributed by atoms with Gasteiger partial charge in [0.2, 0.25) is 5.91 Å². The molecule has 3 aromatic rings. The number of nitrogens with one attached hydrogen (secondary N) is 1. The Morgan fingerprint density at radius 1 is 1.20 bits per heavy atom. The lowest BCUT2D eigenvalue weighted by atomic mass is 9.97. The molecular weight excluding hydrogens is 473 g/mol. The molecule has 1 amide bonds. The molecule has 0 atom stereocenters. The molecule has 0 unspecified atom stereocenters. The van der Waals surface area contributed by atoms with Gasteiger partial charge in [-0.1, -0.05) is 30.8 Å². The maximum absolute atomic E-state index is 15.2. The Labute approximate surface area is 204 Å². The van der Waals surface area contributed by atoms with Crippen molar-refractivity contribution in [3.8, 4) is 5.75 Å². The number of aromatic nitrogens is 1. The summed E-state index contributed by atoms with van der Waals surface area (Å²) in [5.41, 5.74) is 1.74. The van der Waals surface area contributed by atoms with E-state index < -0.39 is 15.8 Å². The van der Waals surface area contributed by atoms with Gasteiger partial charge >= 0.3 is 0 Å². The Morgan fingerprint density at radius 2 is 1.94 bits per heavy atom. The Morgan fingerprint density at radius 3 is 2.54 bits per heavy atom. The van der Waals surface area contributed by atoms with Crippen molar-refractivity contribution in [3.05, 3.63) is 59.6 Å². The van der Waals surface area contributed by atoms with Gasteiger partial charge in [-0.25, -0.2) is 12.8 Å². The topological polar surface area (TPSA) is 102 Å². The van der Waals surface area contributed by atoms with Crippen molar-refractivity contribution in [3.63, 3.8) is 0 Å². The molecule has 10 heteroatoms. The first-order chi connectivity index (χ1) is 16.7. The number of halogens is 1. The van der Waals surface area contributed by atoms with E-state index in [1.165, 1.54) is 68.4 Å². The minimum absolute atomic E-state index is 0.0182. The highest BCUT2D eigenvalue weighted by Crippen LogP contribution is 2.39. The van der Waals surface area contributed by atoms with E-state index in [1.807, 2.05) is 0 Å². The highest BCUT2D eigenvalue weighted by Gasteiger charge is 2.25. The second-order valence-electron chi connectivity index (χ2n) is 8.76.